The summed E-state index contributed by atoms with van der Waals surface area (Å²) in [5, 5.41) is 3.96. The Labute approximate surface area is 136 Å². The van der Waals surface area contributed by atoms with Crippen LogP contribution >= 0.6 is 23.2 Å². The fourth-order valence-corrected chi connectivity index (χ4v) is 2.81. The lowest BCUT2D eigenvalue weighted by molar-refractivity contribution is -0.122. The minimum atomic E-state index is 0.0421. The van der Waals surface area contributed by atoms with Gasteiger partial charge in [0.15, 0.2) is 0 Å². The monoisotopic (exact) mass is 329 g/mol. The molecule has 0 bridgehead atoms. The first-order valence-corrected chi connectivity index (χ1v) is 7.80. The second-order valence-corrected chi connectivity index (χ2v) is 6.48. The minimum absolute atomic E-state index is 0.0421. The van der Waals surface area contributed by atoms with Gasteiger partial charge in [0.05, 0.1) is 16.6 Å². The van der Waals surface area contributed by atoms with Crippen LogP contribution in [0.2, 0.25) is 10.0 Å². The van der Waals surface area contributed by atoms with Gasteiger partial charge in [0.1, 0.15) is 0 Å². The number of likely N-dealkylation sites (tertiary alicyclic amines) is 1. The van der Waals surface area contributed by atoms with E-state index in [0.717, 1.165) is 25.1 Å². The lowest BCUT2D eigenvalue weighted by Gasteiger charge is -2.20. The summed E-state index contributed by atoms with van der Waals surface area (Å²) in [6, 6.07) is 5.94. The van der Waals surface area contributed by atoms with Gasteiger partial charge in [-0.15, -0.1) is 0 Å². The van der Waals surface area contributed by atoms with Crippen molar-refractivity contribution in [2.75, 3.05) is 33.7 Å². The van der Waals surface area contributed by atoms with Crippen LogP contribution in [0.3, 0.4) is 0 Å². The van der Waals surface area contributed by atoms with Gasteiger partial charge in [-0.05, 0) is 38.2 Å². The Bertz CT molecular complexity index is 508. The molecule has 1 atom stereocenters. The highest BCUT2D eigenvalue weighted by atomic mass is 35.5. The second-order valence-electron chi connectivity index (χ2n) is 5.67. The third-order valence-electron chi connectivity index (χ3n) is 3.82. The maximum atomic E-state index is 12.0. The third kappa shape index (κ3) is 4.85. The number of likely N-dealkylation sites (N-methyl/N-ethyl adjacent to an activating group) is 1. The Morgan fingerprint density at radius 3 is 2.76 bits per heavy atom. The molecule has 1 N–H and O–H groups in total. The first-order valence-electron chi connectivity index (χ1n) is 7.05. The van der Waals surface area contributed by atoms with Crippen LogP contribution < -0.4 is 5.32 Å². The van der Waals surface area contributed by atoms with Crippen LogP contribution in [0.25, 0.3) is 0 Å². The largest absolute Gasteiger partial charge is 0.351 e. The molecule has 1 aromatic rings. The predicted molar refractivity (Wildman–Crippen MR) is 86.8 cm³/mol. The summed E-state index contributed by atoms with van der Waals surface area (Å²) >= 11 is 11.8. The van der Waals surface area contributed by atoms with Crippen molar-refractivity contribution in [1.82, 2.24) is 15.1 Å². The number of nitrogens with one attached hydrogen (secondary N) is 1. The average Bonchev–Trinajstić information content (AvgIpc) is 2.89. The molecule has 116 valence electrons. The number of halogens is 2. The summed E-state index contributed by atoms with van der Waals surface area (Å²) in [5.74, 6) is 0.0421. The molecule has 21 heavy (non-hydrogen) atoms. The fourth-order valence-electron chi connectivity index (χ4n) is 2.49. The maximum absolute atomic E-state index is 12.0. The highest BCUT2D eigenvalue weighted by molar-refractivity contribution is 6.42. The smallest absolute Gasteiger partial charge is 0.234 e. The van der Waals surface area contributed by atoms with Crippen LogP contribution in [-0.4, -0.2) is 55.5 Å². The van der Waals surface area contributed by atoms with Crippen LogP contribution in [0.15, 0.2) is 18.2 Å². The summed E-state index contributed by atoms with van der Waals surface area (Å²) in [6.45, 7) is 2.85. The standard InChI is InChI=1S/C15H21Cl2N3O/c1-19(2)12-5-6-20(9-12)10-15(21)18-8-11-3-4-13(16)14(17)7-11/h3-4,7,12H,5-6,8-10H2,1-2H3,(H,18,21)/t12-/m0/s1. The van der Waals surface area contributed by atoms with Gasteiger partial charge in [-0.3, -0.25) is 9.69 Å². The van der Waals surface area contributed by atoms with Gasteiger partial charge in [-0.1, -0.05) is 29.3 Å². The first kappa shape index (κ1) is 16.6. The van der Waals surface area contributed by atoms with Crippen LogP contribution in [0.4, 0.5) is 0 Å². The topological polar surface area (TPSA) is 35.6 Å². The number of carbonyl (C=O) groups excluding carboxylic acids is 1. The maximum Gasteiger partial charge on any atom is 0.234 e. The van der Waals surface area contributed by atoms with Crippen molar-refractivity contribution in [3.63, 3.8) is 0 Å². The minimum Gasteiger partial charge on any atom is -0.351 e. The molecule has 0 aliphatic carbocycles. The number of carbonyl (C=O) groups is 1. The lowest BCUT2D eigenvalue weighted by Crippen LogP contribution is -2.38. The molecule has 1 fully saturated rings. The normalized spacial score (nSPS) is 19.2. The van der Waals surface area contributed by atoms with Gasteiger partial charge in [0.25, 0.3) is 0 Å². The summed E-state index contributed by atoms with van der Waals surface area (Å²) in [5.41, 5.74) is 0.949. The number of rotatable bonds is 5. The first-order chi connectivity index (χ1) is 9.95. The SMILES string of the molecule is CN(C)[C@H]1CCN(CC(=O)NCc2ccc(Cl)c(Cl)c2)C1. The number of hydrogen-bond acceptors (Lipinski definition) is 3. The van der Waals surface area contributed by atoms with Gasteiger partial charge in [0, 0.05) is 25.7 Å². The fraction of sp³-hybridized carbons (Fsp3) is 0.533. The van der Waals surface area contributed by atoms with Crippen LogP contribution in [0.1, 0.15) is 12.0 Å². The molecule has 0 spiro atoms. The highest BCUT2D eigenvalue weighted by Gasteiger charge is 2.25. The molecule has 1 saturated heterocycles. The zero-order valence-electron chi connectivity index (χ0n) is 12.4. The van der Waals surface area contributed by atoms with E-state index in [-0.39, 0.29) is 5.91 Å². The molecule has 1 heterocycles. The summed E-state index contributed by atoms with van der Waals surface area (Å²) in [6.07, 6.45) is 1.12. The molecule has 0 aromatic heterocycles. The highest BCUT2D eigenvalue weighted by Crippen LogP contribution is 2.22. The van der Waals surface area contributed by atoms with E-state index in [2.05, 4.69) is 29.2 Å². The number of amides is 1. The molecule has 2 rings (SSSR count). The van der Waals surface area contributed by atoms with E-state index < -0.39 is 0 Å². The quantitative estimate of drug-likeness (QED) is 0.899. The molecule has 0 saturated carbocycles. The van der Waals surface area contributed by atoms with E-state index in [9.17, 15) is 4.79 Å². The average molecular weight is 330 g/mol. The molecule has 0 unspecified atom stereocenters. The Morgan fingerprint density at radius 1 is 1.38 bits per heavy atom. The van der Waals surface area contributed by atoms with Crippen molar-refractivity contribution < 1.29 is 4.79 Å². The number of benzene rings is 1. The van der Waals surface area contributed by atoms with Crippen LogP contribution in [-0.2, 0) is 11.3 Å². The van der Waals surface area contributed by atoms with Crippen molar-refractivity contribution in [2.24, 2.45) is 0 Å². The van der Waals surface area contributed by atoms with Crippen molar-refractivity contribution in [1.29, 1.82) is 0 Å². The third-order valence-corrected chi connectivity index (χ3v) is 4.56. The van der Waals surface area contributed by atoms with Crippen molar-refractivity contribution in [3.05, 3.63) is 33.8 Å². The van der Waals surface area contributed by atoms with E-state index in [0.29, 0.717) is 29.2 Å². The van der Waals surface area contributed by atoms with Gasteiger partial charge in [0.2, 0.25) is 5.91 Å². The Kier molecular flexibility index (Phi) is 5.88. The molecule has 0 radical (unpaired) electrons. The van der Waals surface area contributed by atoms with Crippen LogP contribution in [0.5, 0.6) is 0 Å². The lowest BCUT2D eigenvalue weighted by atomic mass is 10.2. The zero-order chi connectivity index (χ0) is 15.4. The summed E-state index contributed by atoms with van der Waals surface area (Å²) in [7, 11) is 4.16. The molecular formula is C15H21Cl2N3O. The Hall–Kier alpha value is -0.810. The van der Waals surface area contributed by atoms with E-state index in [1.54, 1.807) is 12.1 Å². The van der Waals surface area contributed by atoms with Crippen LogP contribution in [0, 0.1) is 0 Å². The van der Waals surface area contributed by atoms with Crippen molar-refractivity contribution in [3.8, 4) is 0 Å². The molecule has 1 amide bonds. The zero-order valence-corrected chi connectivity index (χ0v) is 13.9. The second kappa shape index (κ2) is 7.45. The van der Waals surface area contributed by atoms with E-state index in [1.165, 1.54) is 0 Å². The Balaban J connectivity index is 1.76. The summed E-state index contributed by atoms with van der Waals surface area (Å²) in [4.78, 5) is 16.4. The summed E-state index contributed by atoms with van der Waals surface area (Å²) < 4.78 is 0. The van der Waals surface area contributed by atoms with Gasteiger partial charge < -0.3 is 10.2 Å². The molecule has 1 aliphatic heterocycles. The molecule has 1 aliphatic rings. The Morgan fingerprint density at radius 2 is 2.14 bits per heavy atom. The number of hydrogen-bond donors (Lipinski definition) is 1. The van der Waals surface area contributed by atoms with Crippen molar-refractivity contribution >= 4 is 29.1 Å². The van der Waals surface area contributed by atoms with E-state index >= 15 is 0 Å². The molecular weight excluding hydrogens is 309 g/mol. The number of nitrogens with zero attached hydrogens (tertiary/aromatic N) is 2. The van der Waals surface area contributed by atoms with Gasteiger partial charge >= 0.3 is 0 Å². The van der Waals surface area contributed by atoms with Gasteiger partial charge in [-0.25, -0.2) is 0 Å². The molecule has 6 heteroatoms. The van der Waals surface area contributed by atoms with E-state index in [1.807, 2.05) is 6.07 Å². The van der Waals surface area contributed by atoms with Gasteiger partial charge in [-0.2, -0.15) is 0 Å². The van der Waals surface area contributed by atoms with Crippen molar-refractivity contribution in [2.45, 2.75) is 19.0 Å². The molecule has 4 nitrogen and oxygen atoms in total. The van der Waals surface area contributed by atoms with E-state index in [4.69, 9.17) is 23.2 Å². The predicted octanol–water partition coefficient (Wildman–Crippen LogP) is 2.25. The molecule has 1 aromatic carbocycles.